The Morgan fingerprint density at radius 3 is 2.63 bits per heavy atom. The molecule has 3 heterocycles. The molecule has 210 valence electrons. The first-order chi connectivity index (χ1) is 20.0. The number of benzene rings is 2. The predicted octanol–water partition coefficient (Wildman–Crippen LogP) is 5.40. The molecule has 4 aromatic rings. The highest BCUT2D eigenvalue weighted by Crippen LogP contribution is 2.37. The standard InChI is InChI=1S/C31H30FN5O4/c1-3-36-11-13-37(14-12-36)23-7-4-6-21(16-23)25-18-27(24-10-9-22(32)17-29(24)41-20-39-2)34-30(26(25)19-33)35-31(38)28-8-5-15-40-28/h4-10,15-18H,3,11-14,20H2,1-2H3,(H,34,35,38). The fourth-order valence-electron chi connectivity index (χ4n) is 4.83. The number of carbonyl (C=O) groups is 1. The second-order valence-corrected chi connectivity index (χ2v) is 9.48. The van der Waals surface area contributed by atoms with Gasteiger partial charge < -0.3 is 29.0 Å². The van der Waals surface area contributed by atoms with Crippen molar-refractivity contribution < 1.29 is 23.1 Å². The lowest BCUT2D eigenvalue weighted by Gasteiger charge is -2.35. The summed E-state index contributed by atoms with van der Waals surface area (Å²) in [5.41, 5.74) is 3.39. The molecule has 1 N–H and O–H groups in total. The van der Waals surface area contributed by atoms with Crippen LogP contribution in [0.2, 0.25) is 0 Å². The number of rotatable bonds is 9. The van der Waals surface area contributed by atoms with E-state index < -0.39 is 11.7 Å². The van der Waals surface area contributed by atoms with Crippen molar-refractivity contribution in [2.45, 2.75) is 6.92 Å². The SMILES string of the molecule is CCN1CCN(c2cccc(-c3cc(-c4ccc(F)cc4OCOC)nc(NC(=O)c4ccco4)c3C#N)c2)CC1. The number of aromatic nitrogens is 1. The monoisotopic (exact) mass is 555 g/mol. The molecule has 1 fully saturated rings. The largest absolute Gasteiger partial charge is 0.467 e. The van der Waals surface area contributed by atoms with Crippen LogP contribution in [0, 0.1) is 17.1 Å². The van der Waals surface area contributed by atoms with Gasteiger partial charge in [0, 0.05) is 56.2 Å². The Bertz CT molecular complexity index is 1560. The number of halogens is 1. The molecule has 0 atom stereocenters. The Hall–Kier alpha value is -4.72. The van der Waals surface area contributed by atoms with Crippen LogP contribution in [0.1, 0.15) is 23.0 Å². The van der Waals surface area contributed by atoms with E-state index in [4.69, 9.17) is 13.9 Å². The molecule has 1 amide bonds. The minimum Gasteiger partial charge on any atom is -0.467 e. The second kappa shape index (κ2) is 12.6. The van der Waals surface area contributed by atoms with Crippen LogP contribution >= 0.6 is 0 Å². The molecule has 1 aliphatic rings. The molecule has 10 heteroatoms. The first-order valence-corrected chi connectivity index (χ1v) is 13.3. The van der Waals surface area contributed by atoms with Gasteiger partial charge in [-0.25, -0.2) is 9.37 Å². The lowest BCUT2D eigenvalue weighted by molar-refractivity contribution is 0.0513. The fourth-order valence-corrected chi connectivity index (χ4v) is 4.83. The number of ether oxygens (including phenoxy) is 2. The van der Waals surface area contributed by atoms with Gasteiger partial charge >= 0.3 is 0 Å². The number of piperazine rings is 1. The summed E-state index contributed by atoms with van der Waals surface area (Å²) in [6.45, 7) is 6.81. The van der Waals surface area contributed by atoms with E-state index in [1.165, 1.54) is 31.6 Å². The minimum atomic E-state index is -0.556. The average molecular weight is 556 g/mol. The number of pyridine rings is 1. The Balaban J connectivity index is 1.62. The average Bonchev–Trinajstić information content (AvgIpc) is 3.55. The van der Waals surface area contributed by atoms with E-state index in [2.05, 4.69) is 39.2 Å². The number of hydrogen-bond acceptors (Lipinski definition) is 8. The molecule has 2 aromatic carbocycles. The summed E-state index contributed by atoms with van der Waals surface area (Å²) in [5.74, 6) is -0.719. The quantitative estimate of drug-likeness (QED) is 0.274. The van der Waals surface area contributed by atoms with Gasteiger partial charge in [-0.05, 0) is 54.6 Å². The van der Waals surface area contributed by atoms with Gasteiger partial charge in [0.25, 0.3) is 5.91 Å². The van der Waals surface area contributed by atoms with Gasteiger partial charge in [-0.2, -0.15) is 5.26 Å². The van der Waals surface area contributed by atoms with Crippen LogP contribution in [0.15, 0.2) is 71.3 Å². The number of carbonyl (C=O) groups excluding carboxylic acids is 1. The van der Waals surface area contributed by atoms with E-state index in [9.17, 15) is 14.4 Å². The molecule has 0 aliphatic carbocycles. The van der Waals surface area contributed by atoms with Crippen molar-refractivity contribution in [1.29, 1.82) is 5.26 Å². The molecule has 0 spiro atoms. The summed E-state index contributed by atoms with van der Waals surface area (Å²) in [5, 5.41) is 13.0. The molecule has 1 aliphatic heterocycles. The van der Waals surface area contributed by atoms with Crippen LogP contribution in [0.5, 0.6) is 5.75 Å². The van der Waals surface area contributed by atoms with Crippen molar-refractivity contribution in [2.24, 2.45) is 0 Å². The number of nitrogens with one attached hydrogen (secondary N) is 1. The molecule has 0 unspecified atom stereocenters. The van der Waals surface area contributed by atoms with Gasteiger partial charge in [-0.15, -0.1) is 0 Å². The van der Waals surface area contributed by atoms with Gasteiger partial charge in [0.05, 0.1) is 12.0 Å². The number of furan rings is 1. The number of methoxy groups -OCH3 is 1. The van der Waals surface area contributed by atoms with Crippen LogP contribution in [0.25, 0.3) is 22.4 Å². The molecular weight excluding hydrogens is 525 g/mol. The number of nitrogens with zero attached hydrogens (tertiary/aromatic N) is 4. The van der Waals surface area contributed by atoms with Gasteiger partial charge in [0.1, 0.15) is 23.2 Å². The van der Waals surface area contributed by atoms with Crippen molar-refractivity contribution in [2.75, 3.05) is 56.8 Å². The van der Waals surface area contributed by atoms with E-state index in [0.717, 1.165) is 44.0 Å². The highest BCUT2D eigenvalue weighted by molar-refractivity contribution is 6.03. The highest BCUT2D eigenvalue weighted by atomic mass is 19.1. The van der Waals surface area contributed by atoms with E-state index in [1.807, 2.05) is 18.2 Å². The van der Waals surface area contributed by atoms with E-state index in [1.54, 1.807) is 18.2 Å². The fraction of sp³-hybridized carbons (Fsp3) is 0.258. The van der Waals surface area contributed by atoms with Crippen molar-refractivity contribution in [3.05, 3.63) is 84.1 Å². The van der Waals surface area contributed by atoms with Crippen LogP contribution in [0.4, 0.5) is 15.9 Å². The molecule has 5 rings (SSSR count). The second-order valence-electron chi connectivity index (χ2n) is 9.48. The third kappa shape index (κ3) is 6.22. The zero-order valence-electron chi connectivity index (χ0n) is 22.9. The molecule has 9 nitrogen and oxygen atoms in total. The number of hydrogen-bond donors (Lipinski definition) is 1. The summed E-state index contributed by atoms with van der Waals surface area (Å²) in [7, 11) is 1.47. The maximum absolute atomic E-state index is 14.2. The number of likely N-dealkylation sites (N-methyl/N-ethyl adjacent to an activating group) is 1. The van der Waals surface area contributed by atoms with Crippen LogP contribution in [-0.2, 0) is 4.74 Å². The summed E-state index contributed by atoms with van der Waals surface area (Å²) >= 11 is 0. The van der Waals surface area contributed by atoms with Crippen LogP contribution in [-0.4, -0.2) is 62.4 Å². The van der Waals surface area contributed by atoms with Gasteiger partial charge in [0.2, 0.25) is 0 Å². The zero-order valence-corrected chi connectivity index (χ0v) is 22.9. The molecule has 1 saturated heterocycles. The summed E-state index contributed by atoms with van der Waals surface area (Å²) < 4.78 is 30.1. The lowest BCUT2D eigenvalue weighted by atomic mass is 9.97. The Kier molecular flexibility index (Phi) is 8.58. The summed E-state index contributed by atoms with van der Waals surface area (Å²) in [4.78, 5) is 22.3. The lowest BCUT2D eigenvalue weighted by Crippen LogP contribution is -2.46. The maximum atomic E-state index is 14.2. The van der Waals surface area contributed by atoms with Gasteiger partial charge in [0.15, 0.2) is 18.4 Å². The maximum Gasteiger partial charge on any atom is 0.292 e. The van der Waals surface area contributed by atoms with Crippen molar-refractivity contribution in [3.8, 4) is 34.2 Å². The third-order valence-electron chi connectivity index (χ3n) is 7.00. The van der Waals surface area contributed by atoms with Crippen LogP contribution in [0.3, 0.4) is 0 Å². The van der Waals surface area contributed by atoms with Crippen molar-refractivity contribution in [1.82, 2.24) is 9.88 Å². The molecule has 0 bridgehead atoms. The normalized spacial score (nSPS) is 13.6. The van der Waals surface area contributed by atoms with Crippen molar-refractivity contribution in [3.63, 3.8) is 0 Å². The Morgan fingerprint density at radius 2 is 1.93 bits per heavy atom. The Labute approximate surface area is 237 Å². The van der Waals surface area contributed by atoms with E-state index in [0.29, 0.717) is 16.8 Å². The molecular formula is C31H30FN5O4. The number of nitriles is 1. The van der Waals surface area contributed by atoms with Crippen LogP contribution < -0.4 is 15.0 Å². The first kappa shape index (κ1) is 27.8. The Morgan fingerprint density at radius 1 is 1.10 bits per heavy atom. The zero-order chi connectivity index (χ0) is 28.8. The van der Waals surface area contributed by atoms with Gasteiger partial charge in [-0.3, -0.25) is 4.79 Å². The summed E-state index contributed by atoms with van der Waals surface area (Å²) in [6.07, 6.45) is 1.39. The predicted molar refractivity (Wildman–Crippen MR) is 153 cm³/mol. The molecule has 0 saturated carbocycles. The molecule has 2 aromatic heterocycles. The summed E-state index contributed by atoms with van der Waals surface area (Å²) in [6, 6.07) is 19.1. The third-order valence-corrected chi connectivity index (χ3v) is 7.00. The van der Waals surface area contributed by atoms with E-state index >= 15 is 0 Å². The van der Waals surface area contributed by atoms with E-state index in [-0.39, 0.29) is 29.7 Å². The number of anilines is 2. The smallest absolute Gasteiger partial charge is 0.292 e. The first-order valence-electron chi connectivity index (χ1n) is 13.3. The topological polar surface area (TPSA) is 104 Å². The minimum absolute atomic E-state index is 0.0466. The highest BCUT2D eigenvalue weighted by Gasteiger charge is 2.22. The number of amides is 1. The molecule has 41 heavy (non-hydrogen) atoms. The molecule has 0 radical (unpaired) electrons. The van der Waals surface area contributed by atoms with Crippen molar-refractivity contribution >= 4 is 17.4 Å². The van der Waals surface area contributed by atoms with Gasteiger partial charge in [-0.1, -0.05) is 19.1 Å².